The lowest BCUT2D eigenvalue weighted by Crippen LogP contribution is -2.54. The van der Waals surface area contributed by atoms with Gasteiger partial charge in [-0.2, -0.15) is 4.31 Å². The van der Waals surface area contributed by atoms with Crippen molar-refractivity contribution in [1.29, 1.82) is 0 Å². The SMILES string of the molecule is Nc1ncc(-c2ccc(S(=O)(=O)N3CCN(CCCCc4cn(CCOCCOCCOCCOCCOCCOCCNc5cccc6c5C(=O)N(C5CCC(=O)NC5=O)C6=O)nn4)CC3)cc2)nc1C(=O)Nc1cccnc1. The third kappa shape index (κ3) is 16.4. The molecule has 428 valence electrons. The maximum Gasteiger partial charge on any atom is 0.278 e. The standard InChI is InChI=1S/C53H67N13O13S/c54-49-48(51(69)58-39-6-4-15-55-35-39)59-44(36-57-49)38-9-11-41(12-10-38)80(72,73)65-20-18-63(19-21-65)17-2-1-5-40-37-64(62-61-40)22-24-75-26-28-77-30-32-79-34-33-78-31-29-76-27-25-74-23-16-56-43-8-3-7-42-47(43)53(71)66(52(42)70)45-13-14-46(67)60-50(45)68/h3-4,6-12,15,35-37,45,56H,1-2,5,13-14,16-34H2,(H2,54,57)(H,58,69)(H,60,67,68). The first-order valence-electron chi connectivity index (χ1n) is 26.6. The molecule has 5 amide bonds. The first-order chi connectivity index (χ1) is 39.0. The summed E-state index contributed by atoms with van der Waals surface area (Å²) in [5.41, 5.74) is 9.13. The molecule has 2 aromatic carbocycles. The van der Waals surface area contributed by atoms with E-state index in [9.17, 15) is 32.4 Å². The van der Waals surface area contributed by atoms with E-state index in [1.54, 1.807) is 53.3 Å². The third-order valence-electron chi connectivity index (χ3n) is 13.2. The van der Waals surface area contributed by atoms with Crippen molar-refractivity contribution in [3.8, 4) is 11.3 Å². The Kier molecular flexibility index (Phi) is 22.0. The number of aryl methyl sites for hydroxylation is 1. The van der Waals surface area contributed by atoms with E-state index < -0.39 is 45.6 Å². The fourth-order valence-electron chi connectivity index (χ4n) is 8.96. The summed E-state index contributed by atoms with van der Waals surface area (Å²) < 4.78 is 64.0. The highest BCUT2D eigenvalue weighted by Gasteiger charge is 2.45. The molecule has 27 heteroatoms. The number of unbranched alkanes of at least 4 members (excludes halogenated alkanes) is 1. The number of amides is 5. The zero-order chi connectivity index (χ0) is 56.1. The van der Waals surface area contributed by atoms with E-state index in [1.165, 1.54) is 28.8 Å². The first kappa shape index (κ1) is 58.9. The highest BCUT2D eigenvalue weighted by Crippen LogP contribution is 2.32. The predicted molar refractivity (Wildman–Crippen MR) is 289 cm³/mol. The molecule has 6 heterocycles. The van der Waals surface area contributed by atoms with Crippen LogP contribution in [0.4, 0.5) is 17.2 Å². The number of nitrogens with zero attached hydrogens (tertiary/aromatic N) is 9. The second-order valence-electron chi connectivity index (χ2n) is 18.7. The van der Waals surface area contributed by atoms with E-state index in [2.05, 4.69) is 46.1 Å². The zero-order valence-electron chi connectivity index (χ0n) is 44.4. The molecule has 26 nitrogen and oxygen atoms in total. The number of sulfonamides is 1. The van der Waals surface area contributed by atoms with E-state index in [0.29, 0.717) is 141 Å². The third-order valence-corrected chi connectivity index (χ3v) is 15.1. The molecule has 0 bridgehead atoms. The molecule has 3 aromatic heterocycles. The number of nitrogen functional groups attached to an aromatic ring is 1. The van der Waals surface area contributed by atoms with Crippen molar-refractivity contribution in [2.45, 2.75) is 49.6 Å². The molecule has 0 spiro atoms. The van der Waals surface area contributed by atoms with Gasteiger partial charge in [0.1, 0.15) is 6.04 Å². The van der Waals surface area contributed by atoms with E-state index in [1.807, 2.05) is 6.20 Å². The minimum atomic E-state index is -3.72. The quantitative estimate of drug-likeness (QED) is 0.0344. The van der Waals surface area contributed by atoms with Crippen LogP contribution in [0.15, 0.2) is 84.3 Å². The Morgan fingerprint density at radius 3 is 2.09 bits per heavy atom. The van der Waals surface area contributed by atoms with Crippen molar-refractivity contribution in [2.24, 2.45) is 0 Å². The number of aromatic nitrogens is 6. The van der Waals surface area contributed by atoms with Crippen LogP contribution < -0.4 is 21.7 Å². The van der Waals surface area contributed by atoms with E-state index in [4.69, 9.17) is 34.2 Å². The summed E-state index contributed by atoms with van der Waals surface area (Å²) in [4.78, 5) is 78.9. The zero-order valence-corrected chi connectivity index (χ0v) is 45.2. The van der Waals surface area contributed by atoms with Gasteiger partial charge in [-0.25, -0.2) is 23.1 Å². The van der Waals surface area contributed by atoms with Crippen molar-refractivity contribution in [3.63, 3.8) is 0 Å². The monoisotopic (exact) mass is 1130 g/mol. The highest BCUT2D eigenvalue weighted by molar-refractivity contribution is 7.89. The maximum atomic E-state index is 13.6. The number of nitrogens with two attached hydrogens (primary N) is 1. The maximum absolute atomic E-state index is 13.6. The van der Waals surface area contributed by atoms with Gasteiger partial charge in [0.2, 0.25) is 21.8 Å². The van der Waals surface area contributed by atoms with Crippen LogP contribution in [0.25, 0.3) is 11.3 Å². The number of imide groups is 2. The lowest BCUT2D eigenvalue weighted by molar-refractivity contribution is -0.136. The molecule has 5 aromatic rings. The molecular weight excluding hydrogens is 1060 g/mol. The van der Waals surface area contributed by atoms with Gasteiger partial charge in [-0.05, 0) is 68.6 Å². The molecule has 2 saturated heterocycles. The average Bonchev–Trinajstić information content (AvgIpc) is 4.10. The number of hydrogen-bond donors (Lipinski definition) is 4. The van der Waals surface area contributed by atoms with Crippen molar-refractivity contribution in [2.75, 3.05) is 135 Å². The number of carbonyl (C=O) groups is 5. The Hall–Kier alpha value is -7.21. The number of piperazine rings is 1. The van der Waals surface area contributed by atoms with Gasteiger partial charge in [0.05, 0.1) is 131 Å². The van der Waals surface area contributed by atoms with Crippen LogP contribution in [0.3, 0.4) is 0 Å². The van der Waals surface area contributed by atoms with Gasteiger partial charge in [-0.15, -0.1) is 5.10 Å². The van der Waals surface area contributed by atoms with Gasteiger partial charge in [-0.1, -0.05) is 23.4 Å². The van der Waals surface area contributed by atoms with Crippen molar-refractivity contribution in [3.05, 3.63) is 102 Å². The molecule has 0 radical (unpaired) electrons. The lowest BCUT2D eigenvalue weighted by Gasteiger charge is -2.34. The Bertz CT molecular complexity index is 2980. The van der Waals surface area contributed by atoms with Crippen molar-refractivity contribution < 1.29 is 60.8 Å². The Morgan fingerprint density at radius 2 is 1.43 bits per heavy atom. The van der Waals surface area contributed by atoms with Gasteiger partial charge < -0.3 is 49.7 Å². The minimum absolute atomic E-state index is 0.0350. The van der Waals surface area contributed by atoms with Crippen LogP contribution in [0.1, 0.15) is 62.6 Å². The molecule has 5 N–H and O–H groups in total. The van der Waals surface area contributed by atoms with Crippen molar-refractivity contribution >= 4 is 56.8 Å². The van der Waals surface area contributed by atoms with E-state index >= 15 is 0 Å². The van der Waals surface area contributed by atoms with Crippen LogP contribution in [0, 0.1) is 0 Å². The van der Waals surface area contributed by atoms with Crippen LogP contribution >= 0.6 is 0 Å². The Labute approximate surface area is 463 Å². The number of hydrogen-bond acceptors (Lipinski definition) is 21. The summed E-state index contributed by atoms with van der Waals surface area (Å²) in [6.45, 7) is 8.74. The summed E-state index contributed by atoms with van der Waals surface area (Å²) in [7, 11) is -3.72. The number of rotatable bonds is 33. The van der Waals surface area contributed by atoms with Crippen LogP contribution in [-0.4, -0.2) is 207 Å². The predicted octanol–water partition coefficient (Wildman–Crippen LogP) is 1.91. The molecule has 1 atom stereocenters. The summed E-state index contributed by atoms with van der Waals surface area (Å²) in [5, 5.41) is 16.6. The molecular formula is C53H67N13O13S. The number of nitrogens with one attached hydrogen (secondary N) is 3. The normalized spacial score (nSPS) is 16.1. The molecule has 1 unspecified atom stereocenters. The fourth-order valence-corrected chi connectivity index (χ4v) is 10.4. The van der Waals surface area contributed by atoms with E-state index in [0.717, 1.165) is 36.4 Å². The number of pyridine rings is 1. The topological polar surface area (TPSA) is 316 Å². The Balaban J connectivity index is 0.577. The lowest BCUT2D eigenvalue weighted by atomic mass is 10.0. The van der Waals surface area contributed by atoms with E-state index in [-0.39, 0.29) is 40.4 Å². The van der Waals surface area contributed by atoms with Gasteiger partial charge in [-0.3, -0.25) is 39.2 Å². The first-order valence-corrected chi connectivity index (χ1v) is 28.0. The summed E-state index contributed by atoms with van der Waals surface area (Å²) in [6, 6.07) is 13.6. The number of benzene rings is 2. The molecule has 3 aliphatic heterocycles. The molecule has 0 saturated carbocycles. The molecule has 3 aliphatic rings. The second-order valence-corrected chi connectivity index (χ2v) is 20.6. The highest BCUT2D eigenvalue weighted by atomic mass is 32.2. The number of carbonyl (C=O) groups excluding carboxylic acids is 5. The molecule has 80 heavy (non-hydrogen) atoms. The van der Waals surface area contributed by atoms with Crippen LogP contribution in [0.2, 0.25) is 0 Å². The van der Waals surface area contributed by atoms with Crippen LogP contribution in [-0.2, 0) is 61.0 Å². The van der Waals surface area contributed by atoms with Crippen LogP contribution in [0.5, 0.6) is 0 Å². The smallest absolute Gasteiger partial charge is 0.278 e. The fraction of sp³-hybridized carbons (Fsp3) is 0.472. The number of fused-ring (bicyclic) bond motifs is 1. The summed E-state index contributed by atoms with van der Waals surface area (Å²) in [5.74, 6) is -2.78. The number of anilines is 3. The second kappa shape index (κ2) is 29.8. The summed E-state index contributed by atoms with van der Waals surface area (Å²) >= 11 is 0. The summed E-state index contributed by atoms with van der Waals surface area (Å²) in [6.07, 6.45) is 9.27. The number of piperidine rings is 1. The van der Waals surface area contributed by atoms with Gasteiger partial charge >= 0.3 is 0 Å². The van der Waals surface area contributed by atoms with Gasteiger partial charge in [0, 0.05) is 62.8 Å². The van der Waals surface area contributed by atoms with Gasteiger partial charge in [0.25, 0.3) is 17.7 Å². The average molecular weight is 1130 g/mol. The van der Waals surface area contributed by atoms with Crippen molar-refractivity contribution in [1.82, 2.24) is 49.4 Å². The number of ether oxygens (including phenoxy) is 6. The van der Waals surface area contributed by atoms with Gasteiger partial charge in [0.15, 0.2) is 11.5 Å². The molecule has 8 rings (SSSR count). The minimum Gasteiger partial charge on any atom is -0.382 e. The Morgan fingerprint density at radius 1 is 0.750 bits per heavy atom. The molecule has 0 aliphatic carbocycles. The largest absolute Gasteiger partial charge is 0.382 e. The molecule has 2 fully saturated rings.